The van der Waals surface area contributed by atoms with E-state index in [4.69, 9.17) is 109 Å². The Morgan fingerprint density at radius 1 is 0.214 bits per heavy atom. The molecule has 0 radical (unpaired) electrons. The van der Waals surface area contributed by atoms with E-state index in [-0.39, 0.29) is 5.56 Å². The smallest absolute Gasteiger partial charge is 0.311 e. The zero-order valence-electron chi connectivity index (χ0n) is 74.7. The second-order valence-electron chi connectivity index (χ2n) is 40.3. The average molecular weight is 1810 g/mol. The van der Waals surface area contributed by atoms with Gasteiger partial charge in [-0.15, -0.1) is 0 Å². The Hall–Kier alpha value is -5.61. The molecular formula is C84H130O42. The van der Waals surface area contributed by atoms with Crippen LogP contribution in [0.2, 0.25) is 0 Å². The first kappa shape index (κ1) is 103. The fourth-order valence-electron chi connectivity index (χ4n) is 14.3. The topological polar surface area (TPSA) is 575 Å². The molecule has 42 nitrogen and oxygen atoms in total. The number of esters is 7. The van der Waals surface area contributed by atoms with Crippen molar-refractivity contribution in [2.75, 3.05) is 46.2 Å². The van der Waals surface area contributed by atoms with Gasteiger partial charge in [0.1, 0.15) is 217 Å². The van der Waals surface area contributed by atoms with Gasteiger partial charge in [-0.25, -0.2) is 0 Å². The lowest BCUT2D eigenvalue weighted by molar-refractivity contribution is -0.427. The zero-order chi connectivity index (χ0) is 93.7. The Morgan fingerprint density at radius 3 is 0.619 bits per heavy atom. The van der Waals surface area contributed by atoms with Crippen molar-refractivity contribution in [2.24, 2.45) is 37.9 Å². The Kier molecular flexibility index (Phi) is 32.9. The number of carbonyl (C=O) groups excluding carboxylic acids is 7. The van der Waals surface area contributed by atoms with Gasteiger partial charge >= 0.3 is 41.8 Å². The van der Waals surface area contributed by atoms with E-state index in [0.717, 1.165) is 0 Å². The molecule has 12 N–H and O–H groups in total. The molecule has 0 saturated carbocycles. The van der Waals surface area contributed by atoms with Gasteiger partial charge < -0.3 is 170 Å². The molecule has 24 aliphatic heterocycles. The number of hydrogen-bond donors (Lipinski definition) is 12. The van der Waals surface area contributed by atoms with Gasteiger partial charge in [-0.3, -0.25) is 33.6 Å². The number of rotatable bonds is 15. The summed E-state index contributed by atoms with van der Waals surface area (Å²) in [6.45, 7) is 25.5. The van der Waals surface area contributed by atoms with Crippen molar-refractivity contribution >= 4 is 41.8 Å². The third-order valence-electron chi connectivity index (χ3n) is 22.0. The first-order chi connectivity index (χ1) is 58.3. The summed E-state index contributed by atoms with van der Waals surface area (Å²) in [4.78, 5) is 96.4. The second kappa shape index (κ2) is 40.5. The highest BCUT2D eigenvalue weighted by Gasteiger charge is 2.63. The van der Waals surface area contributed by atoms with Gasteiger partial charge in [0.15, 0.2) is 50.3 Å². The predicted molar refractivity (Wildman–Crippen MR) is 419 cm³/mol. The van der Waals surface area contributed by atoms with Crippen molar-refractivity contribution in [3.8, 4) is 0 Å². The lowest BCUT2D eigenvalue weighted by Gasteiger charge is -2.53. The standard InChI is InChI=1S/C84H130O42/c1-78(2,3)71(97)104-27-35-54-42(85)47(90)64(111-35)119-55-36(28-105-72(98)79(4,5)6)113-66(49(92)43(55)86)121-57-38(30-107-74(100)81(10,11)12)115-68(51(94)45(57)88)123-59-40(32-109-76(102)83(16,17)18)117-70-62(52(59)95)126-63(34-25-23-22-24-26-34)125-61-53(96)69(116-41(60(61)124-70)33-110-77(103)84(19,20)21)122-58-39(31-108-75(101)82(13,14)15)114-67(50(93)46(58)89)120-56-37(29-106-73(99)80(7,8)9)112-65(118-54)48(91)44(56)87/h22-26,35-70,85-96H,27-33H2,1-21H3/t35-,36-,37-,38-,39-,40-,41-,42-,43-,44-,45-,46-,47-,48-,49-,50-,51-,52+,53-,54-,55-,56-,57-,58-,59-,60-,61-,62-,63?,64-,65-,66-,67-,68-,69-,70-/m1/s1. The molecule has 0 aliphatic carbocycles. The molecule has 1 aromatic rings. The molecule has 24 saturated heterocycles. The number of carbonyl (C=O) groups is 7. The molecule has 24 aliphatic rings. The van der Waals surface area contributed by atoms with Crippen LogP contribution in [0.5, 0.6) is 0 Å². The Labute approximate surface area is 729 Å². The van der Waals surface area contributed by atoms with Gasteiger partial charge in [0.05, 0.1) is 37.9 Å². The molecule has 0 aromatic heterocycles. The molecule has 0 spiro atoms. The molecule has 16 bridgehead atoms. The molecule has 36 atom stereocenters. The van der Waals surface area contributed by atoms with Crippen molar-refractivity contribution in [1.29, 1.82) is 0 Å². The Bertz CT molecular complexity index is 3800. The van der Waals surface area contributed by atoms with E-state index in [0.29, 0.717) is 0 Å². The van der Waals surface area contributed by atoms with Crippen LogP contribution in [0.15, 0.2) is 30.3 Å². The lowest BCUT2D eigenvalue weighted by Crippen LogP contribution is -2.70. The third-order valence-corrected chi connectivity index (χ3v) is 22.0. The maximum absolute atomic E-state index is 13.9. The summed E-state index contributed by atoms with van der Waals surface area (Å²) < 4.78 is 144. The zero-order valence-corrected chi connectivity index (χ0v) is 74.7. The normalized spacial score (nSPS) is 40.0. The molecular weight excluding hydrogens is 1680 g/mol. The van der Waals surface area contributed by atoms with Crippen molar-refractivity contribution in [2.45, 2.75) is 367 Å². The van der Waals surface area contributed by atoms with E-state index in [2.05, 4.69) is 0 Å². The summed E-state index contributed by atoms with van der Waals surface area (Å²) in [5.74, 6) is -6.05. The van der Waals surface area contributed by atoms with Gasteiger partial charge in [0.25, 0.3) is 0 Å². The summed E-state index contributed by atoms with van der Waals surface area (Å²) in [6, 6.07) is 7.82. The summed E-state index contributed by atoms with van der Waals surface area (Å²) >= 11 is 0. The van der Waals surface area contributed by atoms with Crippen LogP contribution in [-0.2, 0) is 143 Å². The molecule has 718 valence electrons. The van der Waals surface area contributed by atoms with E-state index in [1.807, 2.05) is 0 Å². The van der Waals surface area contributed by atoms with Gasteiger partial charge in [-0.05, 0) is 145 Å². The maximum atomic E-state index is 13.9. The molecule has 1 unspecified atom stereocenters. The van der Waals surface area contributed by atoms with E-state index in [9.17, 15) is 94.8 Å². The van der Waals surface area contributed by atoms with Crippen LogP contribution >= 0.6 is 0 Å². The third kappa shape index (κ3) is 24.2. The van der Waals surface area contributed by atoms with E-state index in [1.54, 1.807) is 18.2 Å². The summed E-state index contributed by atoms with van der Waals surface area (Å²) in [5.41, 5.74) is -8.49. The van der Waals surface area contributed by atoms with Crippen LogP contribution < -0.4 is 0 Å². The summed E-state index contributed by atoms with van der Waals surface area (Å²) in [6.07, 6.45) is -75.7. The highest BCUT2D eigenvalue weighted by molar-refractivity contribution is 5.78. The van der Waals surface area contributed by atoms with Gasteiger partial charge in [0, 0.05) is 5.56 Å². The van der Waals surface area contributed by atoms with Crippen molar-refractivity contribution in [3.63, 3.8) is 0 Å². The Balaban J connectivity index is 1.13. The minimum absolute atomic E-state index is 0.161. The van der Waals surface area contributed by atoms with Crippen LogP contribution in [0.1, 0.15) is 157 Å². The number of aliphatic hydroxyl groups excluding tert-OH is 12. The minimum atomic E-state index is -2.39. The molecule has 1 aromatic carbocycles. The Morgan fingerprint density at radius 2 is 0.397 bits per heavy atom. The van der Waals surface area contributed by atoms with Crippen LogP contribution in [0.3, 0.4) is 0 Å². The van der Waals surface area contributed by atoms with Crippen LogP contribution in [0, 0.1) is 37.9 Å². The largest absolute Gasteiger partial charge is 0.462 e. The highest BCUT2D eigenvalue weighted by atomic mass is 16.8. The number of hydrogen-bond acceptors (Lipinski definition) is 42. The van der Waals surface area contributed by atoms with Crippen LogP contribution in [0.4, 0.5) is 0 Å². The molecule has 25 rings (SSSR count). The van der Waals surface area contributed by atoms with E-state index >= 15 is 0 Å². The van der Waals surface area contributed by atoms with E-state index < -0.39 is 347 Å². The van der Waals surface area contributed by atoms with Crippen LogP contribution in [-0.4, -0.2) is 364 Å². The molecule has 24 heterocycles. The lowest BCUT2D eigenvalue weighted by atomic mass is 9.94. The first-order valence-electron chi connectivity index (χ1n) is 42.2. The maximum Gasteiger partial charge on any atom is 0.311 e. The fraction of sp³-hybridized carbons (Fsp3) is 0.845. The van der Waals surface area contributed by atoms with Gasteiger partial charge in [-0.2, -0.15) is 0 Å². The average Bonchev–Trinajstić information content (AvgIpc) is 0.768. The summed E-state index contributed by atoms with van der Waals surface area (Å²) in [7, 11) is 0. The predicted octanol–water partition coefficient (Wildman–Crippen LogP) is -1.29. The summed E-state index contributed by atoms with van der Waals surface area (Å²) in [5, 5.41) is 151. The van der Waals surface area contributed by atoms with Crippen molar-refractivity contribution in [3.05, 3.63) is 35.9 Å². The second-order valence-corrected chi connectivity index (χ2v) is 40.3. The number of aliphatic hydroxyl groups is 12. The molecule has 126 heavy (non-hydrogen) atoms. The van der Waals surface area contributed by atoms with Crippen LogP contribution in [0.25, 0.3) is 0 Å². The first-order valence-corrected chi connectivity index (χ1v) is 42.2. The number of benzene rings is 1. The quantitative estimate of drug-likeness (QED) is 0.0718. The van der Waals surface area contributed by atoms with Gasteiger partial charge in [0.2, 0.25) is 0 Å². The van der Waals surface area contributed by atoms with Crippen molar-refractivity contribution in [1.82, 2.24) is 0 Å². The highest BCUT2D eigenvalue weighted by Crippen LogP contribution is 2.45. The van der Waals surface area contributed by atoms with E-state index in [1.165, 1.54) is 158 Å². The molecule has 24 fully saturated rings. The number of ether oxygens (including phenoxy) is 23. The minimum Gasteiger partial charge on any atom is -0.462 e. The SMILES string of the molecule is CC(C)(C)C(=O)OC[C@H]1O[C@@H]2O[C@H]3[C@H](O)[C@@H](O)[C@@H](O[C@H]4[C@H](O)[C@@H](O)[C@@H](O[C@H]5[C@H](O)[C@H]6OC(c7ccccc7)O[C@@H]7[C@@H](O)[C@@H](O[C@H]8[C@H](O)[C@@H](O)[C@@H](O[C@H]9[C@H](O)[C@@H](O)[C@@H](O[C@H]1[C@H](O)[C@H]2O)O[C@@H]9COC(=O)C(C)(C)C)O[C@@H]8COC(=O)C(C)(C)C)O[C@H](COC(=O)C(C)(C)C)[C@H]7O[C@H]6O[C@@H]5COC(=O)C(C)(C)C)O[C@@H]4COC(=O)C(C)(C)C)O[C@@H]3COC(=O)C(C)(C)C. The van der Waals surface area contributed by atoms with Gasteiger partial charge in [-0.1, -0.05) is 30.3 Å². The molecule has 42 heteroatoms. The molecule has 0 amide bonds. The van der Waals surface area contributed by atoms with Crippen molar-refractivity contribution < 1.29 is 204 Å². The fourth-order valence-corrected chi connectivity index (χ4v) is 14.3. The monoisotopic (exact) mass is 1810 g/mol.